The van der Waals surface area contributed by atoms with E-state index in [2.05, 4.69) is 25.8 Å². The van der Waals surface area contributed by atoms with E-state index in [4.69, 9.17) is 9.63 Å². The summed E-state index contributed by atoms with van der Waals surface area (Å²) in [6.07, 6.45) is 6.47. The number of aromatic carboxylic acids is 1. The molecule has 0 unspecified atom stereocenters. The number of amides is 1. The molecule has 1 aliphatic rings. The van der Waals surface area contributed by atoms with Gasteiger partial charge in [0.15, 0.2) is 11.5 Å². The minimum atomic E-state index is -1.15. The molecule has 0 bridgehead atoms. The first-order chi connectivity index (χ1) is 14.1. The number of carboxylic acids is 1. The summed E-state index contributed by atoms with van der Waals surface area (Å²) in [6, 6.07) is 6.89. The number of aryl methyl sites for hydroxylation is 1. The first-order valence-electron chi connectivity index (χ1n) is 9.47. The average Bonchev–Trinajstić information content (AvgIpc) is 3.48. The Bertz CT molecular complexity index is 1020. The van der Waals surface area contributed by atoms with Gasteiger partial charge in [0.1, 0.15) is 0 Å². The molecular formula is C19H20N6O4. The summed E-state index contributed by atoms with van der Waals surface area (Å²) < 4.78 is 6.60. The van der Waals surface area contributed by atoms with Crippen LogP contribution in [-0.4, -0.2) is 42.1 Å². The van der Waals surface area contributed by atoms with E-state index in [1.165, 1.54) is 23.7 Å². The third-order valence-corrected chi connectivity index (χ3v) is 4.88. The van der Waals surface area contributed by atoms with Gasteiger partial charge in [0, 0.05) is 24.4 Å². The first-order valence-corrected chi connectivity index (χ1v) is 9.47. The zero-order valence-corrected chi connectivity index (χ0v) is 15.6. The second kappa shape index (κ2) is 8.21. The van der Waals surface area contributed by atoms with Gasteiger partial charge < -0.3 is 14.9 Å². The smallest absolute Gasteiger partial charge is 0.358 e. The van der Waals surface area contributed by atoms with E-state index < -0.39 is 5.97 Å². The van der Waals surface area contributed by atoms with Gasteiger partial charge in [-0.05, 0) is 31.0 Å². The molecule has 1 amide bonds. The Kier molecular flexibility index (Phi) is 5.32. The lowest BCUT2D eigenvalue weighted by atomic mass is 10.1. The molecule has 29 heavy (non-hydrogen) atoms. The number of hydrogen-bond acceptors (Lipinski definition) is 7. The summed E-state index contributed by atoms with van der Waals surface area (Å²) in [5.74, 6) is 0.256. The molecule has 1 aliphatic carbocycles. The van der Waals surface area contributed by atoms with E-state index in [0.29, 0.717) is 29.6 Å². The topological polar surface area (TPSA) is 136 Å². The van der Waals surface area contributed by atoms with Crippen molar-refractivity contribution in [1.29, 1.82) is 0 Å². The number of carbonyl (C=O) groups is 2. The molecule has 1 saturated carbocycles. The highest BCUT2D eigenvalue weighted by Crippen LogP contribution is 2.32. The van der Waals surface area contributed by atoms with Crippen LogP contribution >= 0.6 is 0 Å². The molecule has 3 aromatic rings. The molecule has 0 spiro atoms. The maximum absolute atomic E-state index is 12.3. The largest absolute Gasteiger partial charge is 0.476 e. The molecule has 0 radical (unpaired) electrons. The number of rotatable bonds is 7. The predicted molar refractivity (Wildman–Crippen MR) is 101 cm³/mol. The summed E-state index contributed by atoms with van der Waals surface area (Å²) in [4.78, 5) is 27.6. The average molecular weight is 396 g/mol. The van der Waals surface area contributed by atoms with E-state index >= 15 is 0 Å². The molecule has 1 aromatic carbocycles. The van der Waals surface area contributed by atoms with Crippen molar-refractivity contribution < 1.29 is 19.2 Å². The normalized spacial score (nSPS) is 14.2. The molecule has 4 rings (SSSR count). The fourth-order valence-electron chi connectivity index (χ4n) is 3.38. The maximum Gasteiger partial charge on any atom is 0.358 e. The zero-order valence-electron chi connectivity index (χ0n) is 15.6. The quantitative estimate of drug-likeness (QED) is 0.622. The van der Waals surface area contributed by atoms with Crippen molar-refractivity contribution in [2.75, 3.05) is 5.32 Å². The lowest BCUT2D eigenvalue weighted by Crippen LogP contribution is -2.12. The van der Waals surface area contributed by atoms with Crippen molar-refractivity contribution in [3.63, 3.8) is 0 Å². The summed E-state index contributed by atoms with van der Waals surface area (Å²) in [6.45, 7) is 0. The summed E-state index contributed by atoms with van der Waals surface area (Å²) in [5.41, 5.74) is 0.994. The lowest BCUT2D eigenvalue weighted by molar-refractivity contribution is -0.116. The predicted octanol–water partition coefficient (Wildman–Crippen LogP) is 2.58. The number of anilines is 1. The second-order valence-electron chi connectivity index (χ2n) is 6.98. The number of carbonyl (C=O) groups excluding carboxylic acids is 1. The second-order valence-corrected chi connectivity index (χ2v) is 6.98. The van der Waals surface area contributed by atoms with E-state index in [0.717, 1.165) is 18.7 Å². The van der Waals surface area contributed by atoms with E-state index in [9.17, 15) is 9.59 Å². The number of hydrogen-bond donors (Lipinski definition) is 2. The highest BCUT2D eigenvalue weighted by Gasteiger charge is 2.22. The van der Waals surface area contributed by atoms with Gasteiger partial charge in [0.25, 0.3) is 0 Å². The van der Waals surface area contributed by atoms with Crippen molar-refractivity contribution in [1.82, 2.24) is 25.1 Å². The van der Waals surface area contributed by atoms with Crippen LogP contribution in [0, 0.1) is 0 Å². The standard InChI is InChI=1S/C19H20N6O4/c26-16(8-9-17-21-18(23-29-17)12-4-1-2-5-12)20-13-6-3-7-14(10-13)25-11-15(19(27)28)22-24-25/h3,6-7,10-12H,1-2,4-5,8-9H2,(H,20,26)(H,27,28). The minimum absolute atomic E-state index is 0.157. The Morgan fingerprint density at radius 2 is 2.10 bits per heavy atom. The highest BCUT2D eigenvalue weighted by atomic mass is 16.5. The molecule has 1 fully saturated rings. The summed E-state index contributed by atoms with van der Waals surface area (Å²) >= 11 is 0. The van der Waals surface area contributed by atoms with Crippen LogP contribution in [0.4, 0.5) is 5.69 Å². The molecule has 150 valence electrons. The molecule has 10 heteroatoms. The van der Waals surface area contributed by atoms with Gasteiger partial charge >= 0.3 is 5.97 Å². The molecule has 0 aliphatic heterocycles. The number of nitrogens with one attached hydrogen (secondary N) is 1. The van der Waals surface area contributed by atoms with Crippen molar-refractivity contribution in [3.05, 3.63) is 47.9 Å². The molecule has 10 nitrogen and oxygen atoms in total. The number of carboxylic acid groups (broad SMARTS) is 1. The van der Waals surface area contributed by atoms with Gasteiger partial charge in [0.2, 0.25) is 11.8 Å². The van der Waals surface area contributed by atoms with Gasteiger partial charge in [0.05, 0.1) is 11.9 Å². The van der Waals surface area contributed by atoms with Crippen molar-refractivity contribution in [2.45, 2.75) is 44.4 Å². The van der Waals surface area contributed by atoms with Crippen LogP contribution < -0.4 is 5.32 Å². The van der Waals surface area contributed by atoms with Crippen LogP contribution in [-0.2, 0) is 11.2 Å². The third-order valence-electron chi connectivity index (χ3n) is 4.88. The Labute approximate surface area is 165 Å². The van der Waals surface area contributed by atoms with Crippen LogP contribution in [0.15, 0.2) is 35.0 Å². The summed E-state index contributed by atoms with van der Waals surface area (Å²) in [5, 5.41) is 23.2. The monoisotopic (exact) mass is 396 g/mol. The van der Waals surface area contributed by atoms with E-state index in [1.54, 1.807) is 24.3 Å². The fraction of sp³-hybridized carbons (Fsp3) is 0.368. The Morgan fingerprint density at radius 1 is 1.28 bits per heavy atom. The molecular weight excluding hydrogens is 376 g/mol. The molecule has 0 saturated heterocycles. The van der Waals surface area contributed by atoms with Gasteiger partial charge in [-0.25, -0.2) is 9.48 Å². The van der Waals surface area contributed by atoms with Gasteiger partial charge in [-0.1, -0.05) is 29.3 Å². The molecule has 0 atom stereocenters. The SMILES string of the molecule is O=C(CCc1nc(C2CCCC2)no1)Nc1cccc(-n2cc(C(=O)O)nn2)c1. The summed E-state index contributed by atoms with van der Waals surface area (Å²) in [7, 11) is 0. The number of aromatic nitrogens is 5. The van der Waals surface area contributed by atoms with Gasteiger partial charge in [-0.3, -0.25) is 4.79 Å². The van der Waals surface area contributed by atoms with Crippen LogP contribution in [0.5, 0.6) is 0 Å². The van der Waals surface area contributed by atoms with Crippen LogP contribution in [0.25, 0.3) is 5.69 Å². The van der Waals surface area contributed by atoms with Crippen molar-refractivity contribution in [3.8, 4) is 5.69 Å². The number of nitrogens with zero attached hydrogens (tertiary/aromatic N) is 5. The van der Waals surface area contributed by atoms with Crippen molar-refractivity contribution in [2.24, 2.45) is 0 Å². The molecule has 2 N–H and O–H groups in total. The fourth-order valence-corrected chi connectivity index (χ4v) is 3.38. The van der Waals surface area contributed by atoms with Crippen LogP contribution in [0.3, 0.4) is 0 Å². The Balaban J connectivity index is 1.34. The van der Waals surface area contributed by atoms with Gasteiger partial charge in [-0.15, -0.1) is 5.10 Å². The Hall–Kier alpha value is -3.56. The van der Waals surface area contributed by atoms with Crippen molar-refractivity contribution >= 4 is 17.6 Å². The minimum Gasteiger partial charge on any atom is -0.476 e. The zero-order chi connectivity index (χ0) is 20.2. The Morgan fingerprint density at radius 3 is 2.86 bits per heavy atom. The molecule has 2 heterocycles. The van der Waals surface area contributed by atoms with Gasteiger partial charge in [-0.2, -0.15) is 4.98 Å². The first kappa shape index (κ1) is 18.8. The van der Waals surface area contributed by atoms with Crippen LogP contribution in [0.1, 0.15) is 60.2 Å². The van der Waals surface area contributed by atoms with E-state index in [1.807, 2.05) is 0 Å². The lowest BCUT2D eigenvalue weighted by Gasteiger charge is -2.06. The van der Waals surface area contributed by atoms with E-state index in [-0.39, 0.29) is 18.0 Å². The highest BCUT2D eigenvalue weighted by molar-refractivity contribution is 5.91. The number of benzene rings is 1. The maximum atomic E-state index is 12.3. The third kappa shape index (κ3) is 4.48. The molecule has 2 aromatic heterocycles. The van der Waals surface area contributed by atoms with Crippen LogP contribution in [0.2, 0.25) is 0 Å².